The molecule has 2 fully saturated rings. The van der Waals surface area contributed by atoms with Gasteiger partial charge in [0.15, 0.2) is 0 Å². The van der Waals surface area contributed by atoms with E-state index < -0.39 is 0 Å². The zero-order chi connectivity index (χ0) is 16.2. The van der Waals surface area contributed by atoms with E-state index in [-0.39, 0.29) is 0 Å². The van der Waals surface area contributed by atoms with Crippen LogP contribution in [0.5, 0.6) is 0 Å². The highest BCUT2D eigenvalue weighted by atomic mass is 35.5. The number of hydrazine groups is 1. The Balaban J connectivity index is 1.44. The Labute approximate surface area is 149 Å². The van der Waals surface area contributed by atoms with Crippen LogP contribution < -0.4 is 10.7 Å². The largest absolute Gasteiger partial charge is 0.368 e. The van der Waals surface area contributed by atoms with Gasteiger partial charge >= 0.3 is 0 Å². The van der Waals surface area contributed by atoms with Crippen molar-refractivity contribution in [1.82, 2.24) is 9.91 Å². The van der Waals surface area contributed by atoms with E-state index in [0.29, 0.717) is 10.0 Å². The second kappa shape index (κ2) is 8.04. The lowest BCUT2D eigenvalue weighted by molar-refractivity contribution is 0.163. The Morgan fingerprint density at radius 2 is 1.70 bits per heavy atom. The van der Waals surface area contributed by atoms with Gasteiger partial charge in [0.25, 0.3) is 0 Å². The fraction of sp³-hybridized carbons (Fsp3) is 0.647. The van der Waals surface area contributed by atoms with Gasteiger partial charge in [0.1, 0.15) is 0 Å². The number of benzene rings is 1. The van der Waals surface area contributed by atoms with Gasteiger partial charge in [0.05, 0.1) is 15.7 Å². The number of hydrogen-bond donors (Lipinski definition) is 1. The first-order valence-corrected chi connectivity index (χ1v) is 9.30. The number of anilines is 1. The molecule has 2 N–H and O–H groups in total. The summed E-state index contributed by atoms with van der Waals surface area (Å²) >= 11 is 12.5. The zero-order valence-corrected chi connectivity index (χ0v) is 15.1. The predicted molar refractivity (Wildman–Crippen MR) is 98.2 cm³/mol. The Bertz CT molecular complexity index is 509. The molecule has 2 aliphatic heterocycles. The second-order valence-electron chi connectivity index (χ2n) is 6.67. The molecule has 23 heavy (non-hydrogen) atoms. The lowest BCUT2D eigenvalue weighted by Crippen LogP contribution is -2.47. The first-order chi connectivity index (χ1) is 11.1. The van der Waals surface area contributed by atoms with Crippen LogP contribution in [0, 0.1) is 5.92 Å². The van der Waals surface area contributed by atoms with E-state index in [2.05, 4.69) is 15.9 Å². The van der Waals surface area contributed by atoms with Crippen LogP contribution in [0.4, 0.5) is 5.69 Å². The summed E-state index contributed by atoms with van der Waals surface area (Å²) in [6, 6.07) is 5.88. The minimum atomic E-state index is 0.637. The Hall–Kier alpha value is -0.520. The molecule has 0 aliphatic carbocycles. The third-order valence-electron chi connectivity index (χ3n) is 5.15. The van der Waals surface area contributed by atoms with Crippen LogP contribution in [-0.4, -0.2) is 55.7 Å². The molecule has 1 aromatic carbocycles. The first-order valence-electron chi connectivity index (χ1n) is 8.54. The minimum Gasteiger partial charge on any atom is -0.368 e. The topological polar surface area (TPSA) is 35.7 Å². The smallest absolute Gasteiger partial charge is 0.0825 e. The summed E-state index contributed by atoms with van der Waals surface area (Å²) in [6.07, 6.45) is 3.79. The van der Waals surface area contributed by atoms with E-state index in [1.807, 2.05) is 17.1 Å². The van der Waals surface area contributed by atoms with Crippen molar-refractivity contribution in [2.24, 2.45) is 11.8 Å². The molecule has 0 radical (unpaired) electrons. The van der Waals surface area contributed by atoms with Crippen molar-refractivity contribution in [3.05, 3.63) is 28.2 Å². The molecule has 6 heteroatoms. The molecule has 0 unspecified atom stereocenters. The molecule has 2 heterocycles. The molecule has 0 spiro atoms. The van der Waals surface area contributed by atoms with E-state index in [1.54, 1.807) is 0 Å². The van der Waals surface area contributed by atoms with Crippen LogP contribution in [0.3, 0.4) is 0 Å². The number of nitrogens with zero attached hydrogens (tertiary/aromatic N) is 3. The number of nitrogens with two attached hydrogens (primary N) is 1. The quantitative estimate of drug-likeness (QED) is 0.840. The average molecular weight is 357 g/mol. The highest BCUT2D eigenvalue weighted by Gasteiger charge is 2.22. The monoisotopic (exact) mass is 356 g/mol. The maximum absolute atomic E-state index is 6.34. The third kappa shape index (κ3) is 4.52. The van der Waals surface area contributed by atoms with Gasteiger partial charge in [-0.2, -0.15) is 0 Å². The van der Waals surface area contributed by atoms with Crippen molar-refractivity contribution in [1.29, 1.82) is 0 Å². The van der Waals surface area contributed by atoms with Crippen molar-refractivity contribution in [2.45, 2.75) is 19.3 Å². The number of piperazine rings is 1. The Morgan fingerprint density at radius 1 is 1.00 bits per heavy atom. The van der Waals surface area contributed by atoms with Gasteiger partial charge in [-0.05, 0) is 43.9 Å². The molecule has 0 aromatic heterocycles. The third-order valence-corrected chi connectivity index (χ3v) is 5.96. The van der Waals surface area contributed by atoms with E-state index >= 15 is 0 Å². The van der Waals surface area contributed by atoms with E-state index in [4.69, 9.17) is 29.0 Å². The molecule has 1 aromatic rings. The predicted octanol–water partition coefficient (Wildman–Crippen LogP) is 3.09. The van der Waals surface area contributed by atoms with E-state index in [9.17, 15) is 0 Å². The molecule has 0 atom stereocenters. The number of hydrogen-bond acceptors (Lipinski definition) is 4. The summed E-state index contributed by atoms with van der Waals surface area (Å²) in [5, 5.41) is 3.26. The van der Waals surface area contributed by atoms with Crippen LogP contribution >= 0.6 is 23.2 Å². The Morgan fingerprint density at radius 3 is 2.39 bits per heavy atom. The lowest BCUT2D eigenvalue weighted by Gasteiger charge is -2.37. The minimum absolute atomic E-state index is 0.637. The van der Waals surface area contributed by atoms with Gasteiger partial charge in [0.2, 0.25) is 0 Å². The van der Waals surface area contributed by atoms with Crippen LogP contribution in [0.15, 0.2) is 18.2 Å². The van der Waals surface area contributed by atoms with Crippen molar-refractivity contribution >= 4 is 28.9 Å². The Kier molecular flexibility index (Phi) is 6.05. The average Bonchev–Trinajstić information content (AvgIpc) is 2.57. The number of piperidine rings is 1. The summed E-state index contributed by atoms with van der Waals surface area (Å²) in [5.74, 6) is 6.67. The standard InChI is InChI=1S/C17H26Cl2N4/c18-15-2-1-3-16(17(15)19)22-12-10-21(11-13-22)7-4-14-5-8-23(20)9-6-14/h1-3,14H,4-13,20H2. The molecule has 2 saturated heterocycles. The molecule has 4 nitrogen and oxygen atoms in total. The number of rotatable bonds is 4. The van der Waals surface area contributed by atoms with E-state index in [0.717, 1.165) is 50.9 Å². The molecule has 0 amide bonds. The molecular formula is C17H26Cl2N4. The summed E-state index contributed by atoms with van der Waals surface area (Å²) in [7, 11) is 0. The number of halogens is 2. The molecular weight excluding hydrogens is 331 g/mol. The van der Waals surface area contributed by atoms with Gasteiger partial charge < -0.3 is 4.90 Å². The van der Waals surface area contributed by atoms with Crippen molar-refractivity contribution in [3.63, 3.8) is 0 Å². The van der Waals surface area contributed by atoms with Crippen molar-refractivity contribution < 1.29 is 0 Å². The van der Waals surface area contributed by atoms with Gasteiger partial charge in [-0.15, -0.1) is 0 Å². The van der Waals surface area contributed by atoms with Gasteiger partial charge in [-0.3, -0.25) is 10.7 Å². The summed E-state index contributed by atoms with van der Waals surface area (Å²) in [4.78, 5) is 4.92. The molecule has 2 aliphatic rings. The fourth-order valence-corrected chi connectivity index (χ4v) is 3.97. The SMILES string of the molecule is NN1CCC(CCN2CCN(c3cccc(Cl)c3Cl)CC2)CC1. The van der Waals surface area contributed by atoms with Gasteiger partial charge in [-0.1, -0.05) is 29.3 Å². The normalized spacial score (nSPS) is 21.8. The molecule has 128 valence electrons. The highest BCUT2D eigenvalue weighted by Crippen LogP contribution is 2.33. The van der Waals surface area contributed by atoms with Gasteiger partial charge in [0, 0.05) is 39.3 Å². The van der Waals surface area contributed by atoms with Crippen LogP contribution in [0.25, 0.3) is 0 Å². The van der Waals surface area contributed by atoms with Crippen molar-refractivity contribution in [2.75, 3.05) is 50.7 Å². The molecule has 0 saturated carbocycles. The summed E-state index contributed by atoms with van der Waals surface area (Å²) in [5.41, 5.74) is 1.06. The van der Waals surface area contributed by atoms with Crippen LogP contribution in [0.2, 0.25) is 10.0 Å². The molecule has 0 bridgehead atoms. The second-order valence-corrected chi connectivity index (χ2v) is 7.45. The zero-order valence-electron chi connectivity index (χ0n) is 13.6. The van der Waals surface area contributed by atoms with Gasteiger partial charge in [-0.25, -0.2) is 5.01 Å². The van der Waals surface area contributed by atoms with Crippen LogP contribution in [-0.2, 0) is 0 Å². The fourth-order valence-electron chi connectivity index (χ4n) is 3.56. The van der Waals surface area contributed by atoms with Crippen LogP contribution in [0.1, 0.15) is 19.3 Å². The lowest BCUT2D eigenvalue weighted by atomic mass is 9.94. The van der Waals surface area contributed by atoms with E-state index in [1.165, 1.54) is 25.8 Å². The summed E-state index contributed by atoms with van der Waals surface area (Å²) < 4.78 is 0. The highest BCUT2D eigenvalue weighted by molar-refractivity contribution is 6.43. The van der Waals surface area contributed by atoms with Crippen molar-refractivity contribution in [3.8, 4) is 0 Å². The summed E-state index contributed by atoms with van der Waals surface area (Å²) in [6.45, 7) is 7.52. The molecule has 3 rings (SSSR count). The first kappa shape index (κ1) is 17.3. The maximum atomic E-state index is 6.34. The maximum Gasteiger partial charge on any atom is 0.0825 e.